The molecule has 6 heteroatoms. The minimum absolute atomic E-state index is 0. The number of hydrogen-bond acceptors (Lipinski definition) is 4. The summed E-state index contributed by atoms with van der Waals surface area (Å²) < 4.78 is 10.5. The molecule has 0 aliphatic carbocycles. The second kappa shape index (κ2) is 8.65. The summed E-state index contributed by atoms with van der Waals surface area (Å²) in [6.45, 7) is 8.47. The average Bonchev–Trinajstić information content (AvgIpc) is 2.14. The van der Waals surface area contributed by atoms with Crippen LogP contribution in [0.25, 0.3) is 0 Å². The van der Waals surface area contributed by atoms with Gasteiger partial charge in [-0.2, -0.15) is 0 Å². The molecule has 0 saturated carbocycles. The molecule has 5 nitrogen and oxygen atoms in total. The number of rotatable bonds is 8. The van der Waals surface area contributed by atoms with Crippen LogP contribution in [-0.4, -0.2) is 52.2 Å². The van der Waals surface area contributed by atoms with Crippen LogP contribution in [0, 0.1) is 0 Å². The highest BCUT2D eigenvalue weighted by Gasteiger charge is 2.49. The lowest BCUT2D eigenvalue weighted by Gasteiger charge is -2.31. The second-order valence-corrected chi connectivity index (χ2v) is 4.43. The van der Waals surface area contributed by atoms with E-state index in [1.165, 1.54) is 0 Å². The molecule has 18 heavy (non-hydrogen) atoms. The number of aliphatic carboxylic acids is 1. The molecule has 0 fully saturated rings. The average molecular weight is 276 g/mol. The molecule has 0 saturated heterocycles. The number of ketones is 1. The Hall–Kier alpha value is -0.408. The Balaban J connectivity index is 0. The number of carbonyl (C=O) groups is 2. The van der Waals surface area contributed by atoms with Gasteiger partial charge < -0.3 is 14.6 Å². The van der Waals surface area contributed by atoms with Gasteiger partial charge in [0.25, 0.3) is 0 Å². The maximum Gasteiger partial charge on any atom is 0.372 e. The van der Waals surface area contributed by atoms with Gasteiger partial charge in [0.2, 0.25) is 5.78 Å². The van der Waals surface area contributed by atoms with Gasteiger partial charge in [0.15, 0.2) is 17.4 Å². The van der Waals surface area contributed by atoms with Gasteiger partial charge in [-0.05, 0) is 34.1 Å². The van der Waals surface area contributed by atoms with Crippen molar-refractivity contribution in [1.82, 2.24) is 0 Å². The highest BCUT2D eigenvalue weighted by Crippen LogP contribution is 2.22. The van der Waals surface area contributed by atoms with Gasteiger partial charge in [0.1, 0.15) is 0 Å². The topological polar surface area (TPSA) is 72.8 Å². The number of ether oxygens (including phenoxy) is 2. The van der Waals surface area contributed by atoms with Gasteiger partial charge in [0.05, 0.1) is 12.2 Å². The Morgan fingerprint density at radius 1 is 1.11 bits per heavy atom. The molecular weight excluding hydrogens is 251 g/mol. The lowest BCUT2D eigenvalue weighted by molar-refractivity contribution is -0.256. The van der Waals surface area contributed by atoms with Crippen molar-refractivity contribution in [1.29, 1.82) is 0 Å². The van der Waals surface area contributed by atoms with Crippen molar-refractivity contribution in [3.05, 3.63) is 0 Å². The predicted molar refractivity (Wildman–Crippen MR) is 72.7 cm³/mol. The zero-order valence-electron chi connectivity index (χ0n) is 11.1. The van der Waals surface area contributed by atoms with E-state index in [4.69, 9.17) is 9.47 Å². The number of hydrogen-bond donors (Lipinski definition) is 1. The Kier molecular flexibility index (Phi) is 9.58. The van der Waals surface area contributed by atoms with Gasteiger partial charge in [0, 0.05) is 6.42 Å². The standard InChI is InChI=1S/C12H22O5.Al.3H/c1-6-7-10(13)12(11(14)15,16-8(2)3)17-9(4)5;;;;/h8-9H,6-7H2,1-5H3,(H,14,15);;;;. The third kappa shape index (κ3) is 5.49. The zero-order chi connectivity index (χ0) is 13.6. The summed E-state index contributed by atoms with van der Waals surface area (Å²) in [5, 5.41) is 9.25. The number of carboxylic acid groups (broad SMARTS) is 1. The first-order valence-electron chi connectivity index (χ1n) is 5.88. The molecule has 106 valence electrons. The van der Waals surface area contributed by atoms with Crippen LogP contribution in [0.5, 0.6) is 0 Å². The molecular formula is C12H25AlO5. The van der Waals surface area contributed by atoms with E-state index in [2.05, 4.69) is 0 Å². The fourth-order valence-corrected chi connectivity index (χ4v) is 1.43. The minimum atomic E-state index is -2.17. The normalized spacial score (nSPS) is 11.5. The summed E-state index contributed by atoms with van der Waals surface area (Å²) in [6, 6.07) is 0. The smallest absolute Gasteiger partial charge is 0.372 e. The first-order chi connectivity index (χ1) is 7.76. The third-order valence-corrected chi connectivity index (χ3v) is 1.93. The first kappa shape index (κ1) is 19.9. The van der Waals surface area contributed by atoms with Crippen LogP contribution >= 0.6 is 0 Å². The van der Waals surface area contributed by atoms with Crippen molar-refractivity contribution < 1.29 is 24.2 Å². The predicted octanol–water partition coefficient (Wildman–Crippen LogP) is 0.803. The van der Waals surface area contributed by atoms with Crippen LogP contribution in [0.15, 0.2) is 0 Å². The Labute approximate surface area is 119 Å². The van der Waals surface area contributed by atoms with Gasteiger partial charge >= 0.3 is 11.8 Å². The van der Waals surface area contributed by atoms with Crippen molar-refractivity contribution in [3.8, 4) is 0 Å². The van der Waals surface area contributed by atoms with Gasteiger partial charge in [-0.1, -0.05) is 6.92 Å². The summed E-state index contributed by atoms with van der Waals surface area (Å²) in [4.78, 5) is 23.3. The molecule has 0 aliphatic heterocycles. The van der Waals surface area contributed by atoms with Gasteiger partial charge in [-0.25, -0.2) is 4.79 Å². The summed E-state index contributed by atoms with van der Waals surface area (Å²) in [5.74, 6) is -4.11. The number of Topliss-reactive ketones (excluding diaryl/α,β-unsaturated/α-hetero) is 1. The van der Waals surface area contributed by atoms with Crippen molar-refractivity contribution in [2.45, 2.75) is 65.5 Å². The summed E-state index contributed by atoms with van der Waals surface area (Å²) in [7, 11) is 0. The van der Waals surface area contributed by atoms with Crippen LogP contribution in [0.3, 0.4) is 0 Å². The van der Waals surface area contributed by atoms with Crippen molar-refractivity contribution in [2.75, 3.05) is 0 Å². The number of carboxylic acids is 1. The van der Waals surface area contributed by atoms with Crippen LogP contribution in [-0.2, 0) is 19.1 Å². The largest absolute Gasteiger partial charge is 0.477 e. The van der Waals surface area contributed by atoms with E-state index in [0.29, 0.717) is 6.42 Å². The van der Waals surface area contributed by atoms with Gasteiger partial charge in [-0.3, -0.25) is 4.79 Å². The zero-order valence-corrected chi connectivity index (χ0v) is 11.1. The van der Waals surface area contributed by atoms with Crippen LogP contribution in [0.2, 0.25) is 0 Å². The maximum atomic E-state index is 11.9. The van der Waals surface area contributed by atoms with Gasteiger partial charge in [-0.15, -0.1) is 0 Å². The molecule has 0 aromatic rings. The van der Waals surface area contributed by atoms with Crippen molar-refractivity contribution in [2.24, 2.45) is 0 Å². The molecule has 0 unspecified atom stereocenters. The Bertz CT molecular complexity index is 266. The van der Waals surface area contributed by atoms with E-state index in [1.54, 1.807) is 34.6 Å². The molecule has 0 rings (SSSR count). The highest BCUT2D eigenvalue weighted by molar-refractivity contribution is 6.04. The molecule has 1 N–H and O–H groups in total. The Morgan fingerprint density at radius 2 is 1.50 bits per heavy atom. The molecule has 0 aromatic carbocycles. The van der Waals surface area contributed by atoms with E-state index in [-0.39, 0.29) is 23.8 Å². The molecule has 0 aromatic heterocycles. The fraction of sp³-hybridized carbons (Fsp3) is 0.833. The molecule has 0 bridgehead atoms. The highest BCUT2D eigenvalue weighted by atomic mass is 27.0. The molecule has 0 amide bonds. The van der Waals surface area contributed by atoms with Crippen LogP contribution in [0.4, 0.5) is 0 Å². The summed E-state index contributed by atoms with van der Waals surface area (Å²) >= 11 is 0. The first-order valence-corrected chi connectivity index (χ1v) is 5.88. The van der Waals surface area contributed by atoms with E-state index < -0.39 is 29.7 Å². The lowest BCUT2D eigenvalue weighted by atomic mass is 10.1. The maximum absolute atomic E-state index is 11.9. The van der Waals surface area contributed by atoms with E-state index in [0.717, 1.165) is 0 Å². The number of carbonyl (C=O) groups excluding carboxylic acids is 1. The molecule has 0 aliphatic rings. The SMILES string of the molecule is CCCC(=O)C(OC(C)C)(OC(C)C)C(=O)O.[AlH3]. The van der Waals surface area contributed by atoms with Crippen LogP contribution < -0.4 is 0 Å². The van der Waals surface area contributed by atoms with E-state index in [9.17, 15) is 14.7 Å². The lowest BCUT2D eigenvalue weighted by Crippen LogP contribution is -2.54. The molecule has 0 atom stereocenters. The Morgan fingerprint density at radius 3 is 1.72 bits per heavy atom. The summed E-state index contributed by atoms with van der Waals surface area (Å²) in [5.41, 5.74) is 0. The second-order valence-electron chi connectivity index (χ2n) is 4.43. The third-order valence-electron chi connectivity index (χ3n) is 1.93. The summed E-state index contributed by atoms with van der Waals surface area (Å²) in [6.07, 6.45) is -0.154. The molecule has 0 radical (unpaired) electrons. The molecule has 0 spiro atoms. The molecule has 0 heterocycles. The fourth-order valence-electron chi connectivity index (χ4n) is 1.43. The quantitative estimate of drug-likeness (QED) is 0.403. The minimum Gasteiger partial charge on any atom is -0.477 e. The van der Waals surface area contributed by atoms with Crippen molar-refractivity contribution in [3.63, 3.8) is 0 Å². The van der Waals surface area contributed by atoms with Crippen molar-refractivity contribution >= 4 is 29.1 Å². The van der Waals surface area contributed by atoms with E-state index in [1.807, 2.05) is 0 Å². The van der Waals surface area contributed by atoms with Crippen LogP contribution in [0.1, 0.15) is 47.5 Å². The van der Waals surface area contributed by atoms with E-state index >= 15 is 0 Å². The monoisotopic (exact) mass is 276 g/mol.